The van der Waals surface area contributed by atoms with E-state index in [-0.39, 0.29) is 11.5 Å². The zero-order valence-electron chi connectivity index (χ0n) is 17.2. The van der Waals surface area contributed by atoms with Gasteiger partial charge in [-0.3, -0.25) is 4.99 Å². The molecule has 3 rings (SSSR count). The summed E-state index contributed by atoms with van der Waals surface area (Å²) >= 11 is 0. The lowest BCUT2D eigenvalue weighted by Gasteiger charge is -2.40. The van der Waals surface area contributed by atoms with Crippen LogP contribution in [0, 0.1) is 11.3 Å². The molecule has 1 fully saturated rings. The molecule has 1 aliphatic rings. The molecule has 1 saturated heterocycles. The van der Waals surface area contributed by atoms with Crippen molar-refractivity contribution in [2.24, 2.45) is 23.4 Å². The Morgan fingerprint density at radius 1 is 1.30 bits per heavy atom. The summed E-state index contributed by atoms with van der Waals surface area (Å²) in [6.07, 6.45) is 2.60. The van der Waals surface area contributed by atoms with Crippen LogP contribution in [0.15, 0.2) is 29.3 Å². The average molecular weight is 372 g/mol. The molecular formula is C21H33N5O. The summed E-state index contributed by atoms with van der Waals surface area (Å²) in [6, 6.07) is 8.20. The van der Waals surface area contributed by atoms with Crippen molar-refractivity contribution < 1.29 is 4.74 Å². The summed E-state index contributed by atoms with van der Waals surface area (Å²) in [6.45, 7) is 9.15. The van der Waals surface area contributed by atoms with Crippen molar-refractivity contribution in [3.8, 4) is 0 Å². The van der Waals surface area contributed by atoms with Crippen LogP contribution >= 0.6 is 0 Å². The van der Waals surface area contributed by atoms with E-state index in [0.29, 0.717) is 12.5 Å². The molecular weight excluding hydrogens is 338 g/mol. The van der Waals surface area contributed by atoms with Crippen LogP contribution in [0.25, 0.3) is 11.0 Å². The number of aliphatic imine (C=N–C) groups is 1. The molecule has 0 bridgehead atoms. The molecule has 2 unspecified atom stereocenters. The minimum Gasteiger partial charge on any atom is -0.377 e. The first kappa shape index (κ1) is 19.7. The number of guanidine groups is 1. The summed E-state index contributed by atoms with van der Waals surface area (Å²) in [4.78, 5) is 9.09. The van der Waals surface area contributed by atoms with Crippen LogP contribution in [0.4, 0.5) is 0 Å². The molecule has 6 heteroatoms. The van der Waals surface area contributed by atoms with Crippen molar-refractivity contribution in [2.75, 3.05) is 20.2 Å². The van der Waals surface area contributed by atoms with Gasteiger partial charge in [-0.1, -0.05) is 32.9 Å². The summed E-state index contributed by atoms with van der Waals surface area (Å²) in [5.74, 6) is 2.29. The predicted molar refractivity (Wildman–Crippen MR) is 111 cm³/mol. The van der Waals surface area contributed by atoms with Gasteiger partial charge in [-0.05, 0) is 30.4 Å². The highest BCUT2D eigenvalue weighted by molar-refractivity contribution is 5.80. The number of hydrogen-bond donors (Lipinski definition) is 2. The summed E-state index contributed by atoms with van der Waals surface area (Å²) in [5.41, 5.74) is 2.31. The first-order valence-corrected chi connectivity index (χ1v) is 9.86. The number of imidazole rings is 1. The lowest BCUT2D eigenvalue weighted by atomic mass is 9.78. The van der Waals surface area contributed by atoms with Crippen molar-refractivity contribution in [1.82, 2.24) is 20.2 Å². The standard InChI is InChI=1S/C21H33N5O/c1-21(2,3)19-15(9-8-12-27-19)13-23-20(22-4)24-14-18-25-16-10-6-7-11-17(16)26(18)5/h6-7,10-11,15,19H,8-9,12-14H2,1-5H3,(H2,22,23,24). The quantitative estimate of drug-likeness (QED) is 0.640. The first-order chi connectivity index (χ1) is 12.9. The third kappa shape index (κ3) is 4.61. The fourth-order valence-corrected chi connectivity index (χ4v) is 3.97. The highest BCUT2D eigenvalue weighted by atomic mass is 16.5. The number of para-hydroxylation sites is 2. The Morgan fingerprint density at radius 2 is 2.07 bits per heavy atom. The molecule has 148 valence electrons. The predicted octanol–water partition coefficient (Wildman–Crippen LogP) is 3.08. The van der Waals surface area contributed by atoms with Gasteiger partial charge in [-0.25, -0.2) is 4.98 Å². The topological polar surface area (TPSA) is 63.5 Å². The number of rotatable bonds is 4. The lowest BCUT2D eigenvalue weighted by Crippen LogP contribution is -2.47. The van der Waals surface area contributed by atoms with Gasteiger partial charge in [-0.2, -0.15) is 0 Å². The van der Waals surface area contributed by atoms with Crippen molar-refractivity contribution >= 4 is 17.0 Å². The van der Waals surface area contributed by atoms with Gasteiger partial charge < -0.3 is 19.9 Å². The van der Waals surface area contributed by atoms with Gasteiger partial charge in [0.15, 0.2) is 5.96 Å². The maximum absolute atomic E-state index is 6.09. The maximum atomic E-state index is 6.09. The molecule has 2 aromatic rings. The second-order valence-electron chi connectivity index (χ2n) is 8.44. The van der Waals surface area contributed by atoms with E-state index in [9.17, 15) is 0 Å². The van der Waals surface area contributed by atoms with Gasteiger partial charge in [0, 0.05) is 33.2 Å². The molecule has 0 radical (unpaired) electrons. The molecule has 0 amide bonds. The second-order valence-corrected chi connectivity index (χ2v) is 8.44. The third-order valence-corrected chi connectivity index (χ3v) is 5.35. The van der Waals surface area contributed by atoms with Crippen LogP contribution < -0.4 is 10.6 Å². The number of fused-ring (bicyclic) bond motifs is 1. The van der Waals surface area contributed by atoms with Crippen molar-refractivity contribution in [3.05, 3.63) is 30.1 Å². The highest BCUT2D eigenvalue weighted by Gasteiger charge is 2.35. The Bertz CT molecular complexity index is 789. The maximum Gasteiger partial charge on any atom is 0.191 e. The smallest absolute Gasteiger partial charge is 0.191 e. The van der Waals surface area contributed by atoms with Gasteiger partial charge in [0.25, 0.3) is 0 Å². The monoisotopic (exact) mass is 371 g/mol. The lowest BCUT2D eigenvalue weighted by molar-refractivity contribution is -0.0835. The number of benzene rings is 1. The number of aromatic nitrogens is 2. The van der Waals surface area contributed by atoms with Crippen LogP contribution in [0.1, 0.15) is 39.4 Å². The number of hydrogen-bond acceptors (Lipinski definition) is 3. The van der Waals surface area contributed by atoms with Gasteiger partial charge >= 0.3 is 0 Å². The van der Waals surface area contributed by atoms with Crippen LogP contribution in [0.2, 0.25) is 0 Å². The Hall–Kier alpha value is -2.08. The summed E-state index contributed by atoms with van der Waals surface area (Å²) < 4.78 is 8.21. The van der Waals surface area contributed by atoms with Crippen molar-refractivity contribution in [1.29, 1.82) is 0 Å². The number of ether oxygens (including phenoxy) is 1. The van der Waals surface area contributed by atoms with Crippen LogP contribution in [-0.4, -0.2) is 41.8 Å². The first-order valence-electron chi connectivity index (χ1n) is 9.86. The second kappa shape index (κ2) is 8.30. The van der Waals surface area contributed by atoms with Crippen LogP contribution in [-0.2, 0) is 18.3 Å². The summed E-state index contributed by atoms with van der Waals surface area (Å²) in [7, 11) is 3.86. The Morgan fingerprint density at radius 3 is 2.78 bits per heavy atom. The van der Waals surface area contributed by atoms with Gasteiger partial charge in [0.1, 0.15) is 5.82 Å². The van der Waals surface area contributed by atoms with Crippen LogP contribution in [0.5, 0.6) is 0 Å². The Balaban J connectivity index is 1.58. The number of aryl methyl sites for hydroxylation is 1. The van der Waals surface area contributed by atoms with Crippen molar-refractivity contribution in [2.45, 2.75) is 46.3 Å². The highest BCUT2D eigenvalue weighted by Crippen LogP contribution is 2.33. The SMILES string of the molecule is CN=C(NCc1nc2ccccc2n1C)NCC1CCCOC1C(C)(C)C. The molecule has 1 aromatic carbocycles. The van der Waals surface area contributed by atoms with E-state index in [1.54, 1.807) is 0 Å². The number of nitrogens with zero attached hydrogens (tertiary/aromatic N) is 3. The van der Waals surface area contributed by atoms with Gasteiger partial charge in [0.05, 0.1) is 23.7 Å². The van der Waals surface area contributed by atoms with Crippen molar-refractivity contribution in [3.63, 3.8) is 0 Å². The Kier molecular flexibility index (Phi) is 6.05. The van der Waals surface area contributed by atoms with E-state index in [2.05, 4.69) is 54.1 Å². The van der Waals surface area contributed by atoms with Gasteiger partial charge in [0.2, 0.25) is 0 Å². The number of nitrogens with one attached hydrogen (secondary N) is 2. The molecule has 6 nitrogen and oxygen atoms in total. The molecule has 2 atom stereocenters. The molecule has 0 aliphatic carbocycles. The molecule has 1 aliphatic heterocycles. The molecule has 2 N–H and O–H groups in total. The van der Waals surface area contributed by atoms with E-state index in [0.717, 1.165) is 42.4 Å². The van der Waals surface area contributed by atoms with E-state index >= 15 is 0 Å². The largest absolute Gasteiger partial charge is 0.377 e. The zero-order chi connectivity index (χ0) is 19.4. The zero-order valence-corrected chi connectivity index (χ0v) is 17.2. The molecule has 0 saturated carbocycles. The normalized spacial score (nSPS) is 21.4. The van der Waals surface area contributed by atoms with E-state index in [1.165, 1.54) is 6.42 Å². The van der Waals surface area contributed by atoms with E-state index in [4.69, 9.17) is 9.72 Å². The minimum atomic E-state index is 0.150. The summed E-state index contributed by atoms with van der Waals surface area (Å²) in [5, 5.41) is 6.88. The van der Waals surface area contributed by atoms with E-state index < -0.39 is 0 Å². The molecule has 2 heterocycles. The van der Waals surface area contributed by atoms with Gasteiger partial charge in [-0.15, -0.1) is 0 Å². The third-order valence-electron chi connectivity index (χ3n) is 5.35. The Labute approximate surface area is 162 Å². The minimum absolute atomic E-state index is 0.150. The molecule has 27 heavy (non-hydrogen) atoms. The van der Waals surface area contributed by atoms with E-state index in [1.807, 2.05) is 25.2 Å². The fraction of sp³-hybridized carbons (Fsp3) is 0.619. The molecule has 1 aromatic heterocycles. The fourth-order valence-electron chi connectivity index (χ4n) is 3.97. The average Bonchev–Trinajstić information content (AvgIpc) is 2.97. The van der Waals surface area contributed by atoms with Crippen LogP contribution in [0.3, 0.4) is 0 Å². The molecule has 0 spiro atoms.